The van der Waals surface area contributed by atoms with Crippen LogP contribution in [0.1, 0.15) is 70.9 Å². The first-order chi connectivity index (χ1) is 10.1. The highest BCUT2D eigenvalue weighted by atomic mass is 19.1. The number of rotatable bonds is 10. The maximum atomic E-state index is 14.1. The largest absolute Gasteiger partial charge is 0.310 e. The normalized spacial score (nSPS) is 14.1. The van der Waals surface area contributed by atoms with Gasteiger partial charge in [-0.25, -0.2) is 8.78 Å². The van der Waals surface area contributed by atoms with E-state index in [0.29, 0.717) is 11.5 Å². The van der Waals surface area contributed by atoms with Gasteiger partial charge in [-0.1, -0.05) is 52.5 Å². The van der Waals surface area contributed by atoms with Gasteiger partial charge in [-0.3, -0.25) is 0 Å². The standard InChI is InChI=1S/C18H29F2N/c1-4-7-8-14(6-3)12-18(21-11-5-2)16-10-9-15(19)13-17(16)20/h9-10,13-14,18,21H,4-8,11-12H2,1-3H3. The van der Waals surface area contributed by atoms with E-state index in [-0.39, 0.29) is 6.04 Å². The van der Waals surface area contributed by atoms with Gasteiger partial charge in [-0.2, -0.15) is 0 Å². The fourth-order valence-electron chi connectivity index (χ4n) is 2.74. The second kappa shape index (κ2) is 9.88. The molecule has 0 aliphatic rings. The smallest absolute Gasteiger partial charge is 0.130 e. The molecule has 0 saturated heterocycles. The fourth-order valence-corrected chi connectivity index (χ4v) is 2.74. The molecule has 1 N–H and O–H groups in total. The fraction of sp³-hybridized carbons (Fsp3) is 0.667. The van der Waals surface area contributed by atoms with Crippen LogP contribution in [0.25, 0.3) is 0 Å². The molecule has 0 amide bonds. The Morgan fingerprint density at radius 1 is 1.10 bits per heavy atom. The van der Waals surface area contributed by atoms with Gasteiger partial charge >= 0.3 is 0 Å². The Labute approximate surface area is 128 Å². The Kier molecular flexibility index (Phi) is 8.51. The van der Waals surface area contributed by atoms with E-state index in [2.05, 4.69) is 26.1 Å². The minimum Gasteiger partial charge on any atom is -0.310 e. The molecule has 120 valence electrons. The molecule has 1 nitrogen and oxygen atoms in total. The molecule has 21 heavy (non-hydrogen) atoms. The molecular weight excluding hydrogens is 268 g/mol. The first-order valence-electron chi connectivity index (χ1n) is 8.30. The van der Waals surface area contributed by atoms with Crippen molar-refractivity contribution in [2.45, 2.75) is 65.3 Å². The molecule has 0 heterocycles. The molecule has 0 aliphatic carbocycles. The van der Waals surface area contributed by atoms with Crippen molar-refractivity contribution in [3.05, 3.63) is 35.4 Å². The summed E-state index contributed by atoms with van der Waals surface area (Å²) in [5.74, 6) is -0.360. The number of nitrogens with one attached hydrogen (secondary N) is 1. The average molecular weight is 297 g/mol. The van der Waals surface area contributed by atoms with Crippen LogP contribution in [0, 0.1) is 17.6 Å². The Morgan fingerprint density at radius 3 is 2.43 bits per heavy atom. The summed E-state index contributed by atoms with van der Waals surface area (Å²) in [6, 6.07) is 3.91. The van der Waals surface area contributed by atoms with E-state index in [1.807, 2.05) is 0 Å². The first kappa shape index (κ1) is 18.1. The molecule has 0 fully saturated rings. The van der Waals surface area contributed by atoms with Crippen LogP contribution in [0.2, 0.25) is 0 Å². The average Bonchev–Trinajstić information content (AvgIpc) is 2.47. The molecule has 0 bridgehead atoms. The van der Waals surface area contributed by atoms with Crippen LogP contribution in [0.5, 0.6) is 0 Å². The van der Waals surface area contributed by atoms with E-state index in [9.17, 15) is 8.78 Å². The molecule has 0 radical (unpaired) electrons. The minimum atomic E-state index is -0.511. The van der Waals surface area contributed by atoms with Crippen molar-refractivity contribution in [3.8, 4) is 0 Å². The van der Waals surface area contributed by atoms with Crippen LogP contribution >= 0.6 is 0 Å². The summed E-state index contributed by atoms with van der Waals surface area (Å²) in [6.07, 6.45) is 6.61. The lowest BCUT2D eigenvalue weighted by Crippen LogP contribution is -2.25. The quantitative estimate of drug-likeness (QED) is 0.591. The Hall–Kier alpha value is -0.960. The summed E-state index contributed by atoms with van der Waals surface area (Å²) >= 11 is 0. The van der Waals surface area contributed by atoms with Crippen molar-refractivity contribution in [1.29, 1.82) is 0 Å². The third-order valence-corrected chi connectivity index (χ3v) is 4.09. The van der Waals surface area contributed by atoms with E-state index in [0.717, 1.165) is 31.9 Å². The van der Waals surface area contributed by atoms with Crippen LogP contribution in [0.4, 0.5) is 8.78 Å². The number of halogens is 2. The molecule has 0 aromatic heterocycles. The molecule has 1 aromatic rings. The van der Waals surface area contributed by atoms with Crippen molar-refractivity contribution in [3.63, 3.8) is 0 Å². The Balaban J connectivity index is 2.83. The van der Waals surface area contributed by atoms with Crippen molar-refractivity contribution in [2.75, 3.05) is 6.54 Å². The third-order valence-electron chi connectivity index (χ3n) is 4.09. The van der Waals surface area contributed by atoms with E-state index >= 15 is 0 Å². The van der Waals surface area contributed by atoms with E-state index < -0.39 is 11.6 Å². The van der Waals surface area contributed by atoms with E-state index in [1.165, 1.54) is 25.3 Å². The maximum absolute atomic E-state index is 14.1. The zero-order valence-corrected chi connectivity index (χ0v) is 13.6. The van der Waals surface area contributed by atoms with Gasteiger partial charge < -0.3 is 5.32 Å². The predicted octanol–water partition coefficient (Wildman–Crippen LogP) is 5.61. The lowest BCUT2D eigenvalue weighted by Gasteiger charge is -2.24. The first-order valence-corrected chi connectivity index (χ1v) is 8.30. The summed E-state index contributed by atoms with van der Waals surface area (Å²) < 4.78 is 27.2. The minimum absolute atomic E-state index is 0.0210. The number of hydrogen-bond donors (Lipinski definition) is 1. The Bertz CT molecular complexity index is 406. The van der Waals surface area contributed by atoms with Gasteiger partial charge in [0.25, 0.3) is 0 Å². The van der Waals surface area contributed by atoms with Gasteiger partial charge in [-0.05, 0) is 31.4 Å². The molecule has 2 atom stereocenters. The molecule has 0 spiro atoms. The van der Waals surface area contributed by atoms with Crippen molar-refractivity contribution in [2.24, 2.45) is 5.92 Å². The molecular formula is C18H29F2N. The molecule has 2 unspecified atom stereocenters. The second-order valence-corrected chi connectivity index (χ2v) is 5.82. The van der Waals surface area contributed by atoms with Crippen molar-refractivity contribution in [1.82, 2.24) is 5.32 Å². The van der Waals surface area contributed by atoms with Crippen LogP contribution in [-0.4, -0.2) is 6.54 Å². The predicted molar refractivity (Wildman–Crippen MR) is 85.3 cm³/mol. The summed E-state index contributed by atoms with van der Waals surface area (Å²) in [5, 5.41) is 3.42. The third kappa shape index (κ3) is 6.13. The molecule has 1 aromatic carbocycles. The zero-order chi connectivity index (χ0) is 15.7. The van der Waals surface area contributed by atoms with Crippen LogP contribution in [0.15, 0.2) is 18.2 Å². The van der Waals surface area contributed by atoms with Crippen molar-refractivity contribution >= 4 is 0 Å². The lowest BCUT2D eigenvalue weighted by molar-refractivity contribution is 0.347. The monoisotopic (exact) mass is 297 g/mol. The molecule has 0 saturated carbocycles. The lowest BCUT2D eigenvalue weighted by atomic mass is 9.89. The van der Waals surface area contributed by atoms with Gasteiger partial charge in [0.1, 0.15) is 11.6 Å². The zero-order valence-electron chi connectivity index (χ0n) is 13.6. The molecule has 0 aliphatic heterocycles. The van der Waals surface area contributed by atoms with Gasteiger partial charge in [0.05, 0.1) is 0 Å². The van der Waals surface area contributed by atoms with Crippen molar-refractivity contribution < 1.29 is 8.78 Å². The summed E-state index contributed by atoms with van der Waals surface area (Å²) in [4.78, 5) is 0. The van der Waals surface area contributed by atoms with Crippen LogP contribution < -0.4 is 5.32 Å². The van der Waals surface area contributed by atoms with Gasteiger partial charge in [0.2, 0.25) is 0 Å². The number of benzene rings is 1. The maximum Gasteiger partial charge on any atom is 0.130 e. The summed E-state index contributed by atoms with van der Waals surface area (Å²) in [6.45, 7) is 7.34. The summed E-state index contributed by atoms with van der Waals surface area (Å²) in [7, 11) is 0. The van der Waals surface area contributed by atoms with Gasteiger partial charge in [0.15, 0.2) is 0 Å². The summed E-state index contributed by atoms with van der Waals surface area (Å²) in [5.41, 5.74) is 0.597. The highest BCUT2D eigenvalue weighted by molar-refractivity contribution is 5.22. The van der Waals surface area contributed by atoms with E-state index in [1.54, 1.807) is 6.07 Å². The van der Waals surface area contributed by atoms with Gasteiger partial charge in [-0.15, -0.1) is 0 Å². The van der Waals surface area contributed by atoms with Crippen LogP contribution in [0.3, 0.4) is 0 Å². The SMILES string of the molecule is CCCCC(CC)CC(NCCC)c1ccc(F)cc1F. The topological polar surface area (TPSA) is 12.0 Å². The highest BCUT2D eigenvalue weighted by Gasteiger charge is 2.19. The Morgan fingerprint density at radius 2 is 1.86 bits per heavy atom. The highest BCUT2D eigenvalue weighted by Crippen LogP contribution is 2.28. The van der Waals surface area contributed by atoms with E-state index in [4.69, 9.17) is 0 Å². The van der Waals surface area contributed by atoms with Gasteiger partial charge in [0, 0.05) is 17.7 Å². The number of hydrogen-bond acceptors (Lipinski definition) is 1. The second-order valence-electron chi connectivity index (χ2n) is 5.82. The molecule has 3 heteroatoms. The van der Waals surface area contributed by atoms with Crippen LogP contribution in [-0.2, 0) is 0 Å². The molecule has 1 rings (SSSR count). The number of unbranched alkanes of at least 4 members (excludes halogenated alkanes) is 1.